The quantitative estimate of drug-likeness (QED) is 0.803. The van der Waals surface area contributed by atoms with Gasteiger partial charge in [-0.2, -0.15) is 5.21 Å². The lowest BCUT2D eigenvalue weighted by molar-refractivity contribution is 0.881. The second-order valence-electron chi connectivity index (χ2n) is 3.34. The predicted molar refractivity (Wildman–Crippen MR) is 62.3 cm³/mol. The standard InChI is InChI=1S/C11H13N5/c12-8-2-1-3-9-4-6-10(7-5-9)11-13-15-16-14-11/h1,3-7H,2,8,12H2,(H,13,14,15,16). The van der Waals surface area contributed by atoms with E-state index in [2.05, 4.69) is 26.7 Å². The van der Waals surface area contributed by atoms with Gasteiger partial charge in [0.05, 0.1) is 0 Å². The van der Waals surface area contributed by atoms with E-state index in [0.717, 1.165) is 17.5 Å². The van der Waals surface area contributed by atoms with Gasteiger partial charge in [-0.25, -0.2) is 0 Å². The van der Waals surface area contributed by atoms with Gasteiger partial charge in [0.1, 0.15) is 0 Å². The molecule has 0 aliphatic carbocycles. The van der Waals surface area contributed by atoms with Gasteiger partial charge in [0.2, 0.25) is 5.82 Å². The first-order valence-corrected chi connectivity index (χ1v) is 5.10. The van der Waals surface area contributed by atoms with Gasteiger partial charge >= 0.3 is 0 Å². The van der Waals surface area contributed by atoms with Crippen molar-refractivity contribution in [1.29, 1.82) is 0 Å². The maximum atomic E-state index is 5.40. The smallest absolute Gasteiger partial charge is 0.204 e. The Morgan fingerprint density at radius 3 is 2.69 bits per heavy atom. The summed E-state index contributed by atoms with van der Waals surface area (Å²) in [6.07, 6.45) is 5.00. The zero-order valence-corrected chi connectivity index (χ0v) is 8.80. The van der Waals surface area contributed by atoms with E-state index in [1.165, 1.54) is 0 Å². The lowest BCUT2D eigenvalue weighted by atomic mass is 10.1. The molecule has 0 atom stereocenters. The molecule has 1 heterocycles. The Morgan fingerprint density at radius 2 is 2.06 bits per heavy atom. The van der Waals surface area contributed by atoms with E-state index in [4.69, 9.17) is 5.73 Å². The number of benzene rings is 1. The van der Waals surface area contributed by atoms with Crippen molar-refractivity contribution in [3.8, 4) is 11.4 Å². The van der Waals surface area contributed by atoms with Gasteiger partial charge in [0, 0.05) is 5.56 Å². The van der Waals surface area contributed by atoms with Crippen molar-refractivity contribution in [2.24, 2.45) is 5.73 Å². The molecule has 0 unspecified atom stereocenters. The SMILES string of the molecule is NCCC=Cc1ccc(-c2nn[nH]n2)cc1. The average molecular weight is 215 g/mol. The summed E-state index contributed by atoms with van der Waals surface area (Å²) in [5.74, 6) is 0.609. The van der Waals surface area contributed by atoms with Crippen LogP contribution in [0.5, 0.6) is 0 Å². The first-order valence-electron chi connectivity index (χ1n) is 5.10. The highest BCUT2D eigenvalue weighted by molar-refractivity contribution is 5.59. The van der Waals surface area contributed by atoms with Crippen molar-refractivity contribution >= 4 is 6.08 Å². The molecule has 1 aromatic heterocycles. The first kappa shape index (κ1) is 10.5. The molecule has 0 saturated heterocycles. The molecule has 1 aromatic carbocycles. The molecule has 0 bridgehead atoms. The number of hydrogen-bond donors (Lipinski definition) is 2. The summed E-state index contributed by atoms with van der Waals surface area (Å²) in [6, 6.07) is 7.96. The summed E-state index contributed by atoms with van der Waals surface area (Å²) in [6.45, 7) is 0.678. The van der Waals surface area contributed by atoms with E-state index in [0.29, 0.717) is 12.4 Å². The fourth-order valence-electron chi connectivity index (χ4n) is 1.34. The van der Waals surface area contributed by atoms with Gasteiger partial charge < -0.3 is 5.73 Å². The van der Waals surface area contributed by atoms with Crippen LogP contribution in [0.2, 0.25) is 0 Å². The van der Waals surface area contributed by atoms with Crippen LogP contribution in [-0.4, -0.2) is 27.2 Å². The lowest BCUT2D eigenvalue weighted by Gasteiger charge is -1.96. The second-order valence-corrected chi connectivity index (χ2v) is 3.34. The molecule has 0 fully saturated rings. The number of rotatable bonds is 4. The molecule has 2 aromatic rings. The molecule has 0 amide bonds. The van der Waals surface area contributed by atoms with Crippen molar-refractivity contribution in [3.63, 3.8) is 0 Å². The Labute approximate surface area is 93.4 Å². The van der Waals surface area contributed by atoms with Crippen LogP contribution in [0, 0.1) is 0 Å². The first-order chi connectivity index (χ1) is 7.90. The highest BCUT2D eigenvalue weighted by atomic mass is 15.5. The fraction of sp³-hybridized carbons (Fsp3) is 0.182. The van der Waals surface area contributed by atoms with Crippen LogP contribution in [0.25, 0.3) is 17.5 Å². The van der Waals surface area contributed by atoms with Crippen LogP contribution in [0.3, 0.4) is 0 Å². The Kier molecular flexibility index (Phi) is 3.40. The fourth-order valence-corrected chi connectivity index (χ4v) is 1.34. The Morgan fingerprint density at radius 1 is 1.25 bits per heavy atom. The van der Waals surface area contributed by atoms with Gasteiger partial charge in [-0.1, -0.05) is 36.4 Å². The molecule has 16 heavy (non-hydrogen) atoms. The number of aromatic amines is 1. The molecule has 2 rings (SSSR count). The number of aromatic nitrogens is 4. The molecular formula is C11H13N5. The van der Waals surface area contributed by atoms with Crippen LogP contribution in [0.4, 0.5) is 0 Å². The molecule has 5 nitrogen and oxygen atoms in total. The van der Waals surface area contributed by atoms with Crippen molar-refractivity contribution in [1.82, 2.24) is 20.6 Å². The zero-order valence-electron chi connectivity index (χ0n) is 8.80. The van der Waals surface area contributed by atoms with E-state index in [9.17, 15) is 0 Å². The summed E-state index contributed by atoms with van der Waals surface area (Å²) in [5, 5.41) is 13.8. The molecule has 0 radical (unpaired) electrons. The van der Waals surface area contributed by atoms with Gasteiger partial charge in [0.25, 0.3) is 0 Å². The van der Waals surface area contributed by atoms with E-state index >= 15 is 0 Å². The van der Waals surface area contributed by atoms with Crippen LogP contribution in [0.15, 0.2) is 30.3 Å². The van der Waals surface area contributed by atoms with Gasteiger partial charge in [0.15, 0.2) is 0 Å². The normalized spacial score (nSPS) is 11.1. The molecule has 0 saturated carbocycles. The molecule has 5 heteroatoms. The van der Waals surface area contributed by atoms with Crippen LogP contribution >= 0.6 is 0 Å². The number of nitrogens with zero attached hydrogens (tertiary/aromatic N) is 3. The largest absolute Gasteiger partial charge is 0.330 e. The average Bonchev–Trinajstić information content (AvgIpc) is 2.84. The van der Waals surface area contributed by atoms with Crippen LogP contribution in [0.1, 0.15) is 12.0 Å². The predicted octanol–water partition coefficient (Wildman–Crippen LogP) is 1.23. The maximum Gasteiger partial charge on any atom is 0.204 e. The second kappa shape index (κ2) is 5.18. The molecule has 3 N–H and O–H groups in total. The summed E-state index contributed by atoms with van der Waals surface area (Å²) >= 11 is 0. The van der Waals surface area contributed by atoms with Crippen molar-refractivity contribution < 1.29 is 0 Å². The summed E-state index contributed by atoms with van der Waals surface area (Å²) in [7, 11) is 0. The molecule has 0 aliphatic heterocycles. The number of nitrogens with one attached hydrogen (secondary N) is 1. The van der Waals surface area contributed by atoms with E-state index in [1.807, 2.05) is 30.3 Å². The highest BCUT2D eigenvalue weighted by Crippen LogP contribution is 2.14. The number of nitrogens with two attached hydrogens (primary N) is 1. The molecule has 82 valence electrons. The van der Waals surface area contributed by atoms with Gasteiger partial charge in [-0.3, -0.25) is 0 Å². The number of H-pyrrole nitrogens is 1. The maximum absolute atomic E-state index is 5.40. The minimum Gasteiger partial charge on any atom is -0.330 e. The van der Waals surface area contributed by atoms with E-state index in [1.54, 1.807) is 0 Å². The topological polar surface area (TPSA) is 80.5 Å². The zero-order chi connectivity index (χ0) is 11.2. The number of hydrogen-bond acceptors (Lipinski definition) is 4. The van der Waals surface area contributed by atoms with Crippen LogP contribution < -0.4 is 5.73 Å². The minimum atomic E-state index is 0.609. The van der Waals surface area contributed by atoms with Crippen molar-refractivity contribution in [2.75, 3.05) is 6.54 Å². The number of tetrazole rings is 1. The Hall–Kier alpha value is -2.01. The van der Waals surface area contributed by atoms with Gasteiger partial charge in [-0.05, 0) is 23.7 Å². The summed E-state index contributed by atoms with van der Waals surface area (Å²) in [5.41, 5.74) is 7.49. The molecule has 0 aliphatic rings. The van der Waals surface area contributed by atoms with Gasteiger partial charge in [-0.15, -0.1) is 10.2 Å². The summed E-state index contributed by atoms with van der Waals surface area (Å²) < 4.78 is 0. The van der Waals surface area contributed by atoms with Crippen molar-refractivity contribution in [3.05, 3.63) is 35.9 Å². The Bertz CT molecular complexity index is 444. The summed E-state index contributed by atoms with van der Waals surface area (Å²) in [4.78, 5) is 0. The van der Waals surface area contributed by atoms with E-state index in [-0.39, 0.29) is 0 Å². The lowest BCUT2D eigenvalue weighted by Crippen LogP contribution is -1.94. The monoisotopic (exact) mass is 215 g/mol. The third kappa shape index (κ3) is 2.52. The van der Waals surface area contributed by atoms with Crippen molar-refractivity contribution in [2.45, 2.75) is 6.42 Å². The third-order valence-electron chi connectivity index (χ3n) is 2.16. The third-order valence-corrected chi connectivity index (χ3v) is 2.16. The van der Waals surface area contributed by atoms with E-state index < -0.39 is 0 Å². The minimum absolute atomic E-state index is 0.609. The Balaban J connectivity index is 2.11. The highest BCUT2D eigenvalue weighted by Gasteiger charge is 2.00. The van der Waals surface area contributed by atoms with Crippen LogP contribution in [-0.2, 0) is 0 Å². The molecular weight excluding hydrogens is 202 g/mol. The molecule has 0 spiro atoms.